The molecule has 2 heterocycles. The predicted octanol–water partition coefficient (Wildman–Crippen LogP) is 11.9. The molecule has 0 N–H and O–H groups in total. The van der Waals surface area contributed by atoms with Crippen LogP contribution in [0.4, 0.5) is 0 Å². The van der Waals surface area contributed by atoms with Crippen LogP contribution in [-0.2, 0) is 5.41 Å². The Kier molecular flexibility index (Phi) is 5.37. The lowest BCUT2D eigenvalue weighted by Gasteiger charge is -2.22. The van der Waals surface area contributed by atoms with Gasteiger partial charge in [0.15, 0.2) is 0 Å². The average Bonchev–Trinajstić information content (AvgIpc) is 3.72. The molecule has 2 nitrogen and oxygen atoms in total. The van der Waals surface area contributed by atoms with Crippen LogP contribution in [0.5, 0.6) is 0 Å². The quantitative estimate of drug-likeness (QED) is 0.191. The molecule has 7 aromatic carbocycles. The van der Waals surface area contributed by atoms with E-state index in [2.05, 4.69) is 181 Å². The molecule has 9 aromatic rings. The standard InChI is InChI=1S/C45H32N2/c1-45(2)38-20-9-6-17-33(38)34-24-23-30(28-39(34)45)29-13-12-16-32(27-29)46-41-22-11-8-19-37(41)43-42(46)26-25-36-35-18-7-10-21-40(35)47(44(36)43)31-14-4-3-5-15-31/h3-28H,1-2H3. The number of nitrogens with zero attached hydrogens (tertiary/aromatic N) is 2. The molecule has 0 atom stereocenters. The monoisotopic (exact) mass is 600 g/mol. The maximum atomic E-state index is 2.45. The third kappa shape index (κ3) is 3.61. The molecular weight excluding hydrogens is 569 g/mol. The smallest absolute Gasteiger partial charge is 0.0641 e. The van der Waals surface area contributed by atoms with Gasteiger partial charge in [0.1, 0.15) is 0 Å². The van der Waals surface area contributed by atoms with E-state index < -0.39 is 0 Å². The molecule has 0 bridgehead atoms. The first-order chi connectivity index (χ1) is 23.1. The van der Waals surface area contributed by atoms with Gasteiger partial charge in [0.05, 0.1) is 22.1 Å². The van der Waals surface area contributed by atoms with Crippen molar-refractivity contribution in [2.45, 2.75) is 19.3 Å². The van der Waals surface area contributed by atoms with Gasteiger partial charge in [-0.25, -0.2) is 0 Å². The van der Waals surface area contributed by atoms with Crippen LogP contribution in [0, 0.1) is 0 Å². The fourth-order valence-electron chi connectivity index (χ4n) is 8.34. The normalized spacial score (nSPS) is 13.5. The van der Waals surface area contributed by atoms with Crippen LogP contribution in [0.2, 0.25) is 0 Å². The van der Waals surface area contributed by atoms with E-state index in [1.807, 2.05) is 0 Å². The summed E-state index contributed by atoms with van der Waals surface area (Å²) in [6.45, 7) is 4.71. The van der Waals surface area contributed by atoms with Gasteiger partial charge in [-0.1, -0.05) is 123 Å². The van der Waals surface area contributed by atoms with Crippen LogP contribution in [0.3, 0.4) is 0 Å². The first kappa shape index (κ1) is 26.4. The van der Waals surface area contributed by atoms with Gasteiger partial charge < -0.3 is 9.13 Å². The Hall–Kier alpha value is -5.86. The van der Waals surface area contributed by atoms with Crippen molar-refractivity contribution in [2.75, 3.05) is 0 Å². The molecule has 0 unspecified atom stereocenters. The van der Waals surface area contributed by atoms with E-state index in [1.54, 1.807) is 0 Å². The number of aromatic nitrogens is 2. The highest BCUT2D eigenvalue weighted by Gasteiger charge is 2.35. The van der Waals surface area contributed by atoms with Gasteiger partial charge in [0, 0.05) is 38.3 Å². The maximum absolute atomic E-state index is 2.45. The van der Waals surface area contributed by atoms with E-state index in [0.29, 0.717) is 0 Å². The lowest BCUT2D eigenvalue weighted by Crippen LogP contribution is -2.14. The molecule has 0 radical (unpaired) electrons. The molecule has 2 heteroatoms. The average molecular weight is 601 g/mol. The van der Waals surface area contributed by atoms with Crippen LogP contribution >= 0.6 is 0 Å². The molecule has 1 aliphatic rings. The van der Waals surface area contributed by atoms with Gasteiger partial charge in [-0.3, -0.25) is 0 Å². The summed E-state index contributed by atoms with van der Waals surface area (Å²) in [6, 6.07) is 58.0. The van der Waals surface area contributed by atoms with Crippen molar-refractivity contribution in [3.8, 4) is 33.6 Å². The van der Waals surface area contributed by atoms with E-state index >= 15 is 0 Å². The van der Waals surface area contributed by atoms with E-state index in [1.165, 1.54) is 88.4 Å². The number of hydrogen-bond donors (Lipinski definition) is 0. The number of hydrogen-bond acceptors (Lipinski definition) is 0. The molecular formula is C45H32N2. The van der Waals surface area contributed by atoms with Gasteiger partial charge in [-0.05, 0) is 81.9 Å². The number of para-hydroxylation sites is 3. The number of fused-ring (bicyclic) bond motifs is 10. The zero-order valence-electron chi connectivity index (χ0n) is 26.4. The minimum absolute atomic E-state index is 0.0328. The van der Waals surface area contributed by atoms with Crippen molar-refractivity contribution in [1.29, 1.82) is 0 Å². The van der Waals surface area contributed by atoms with Crippen molar-refractivity contribution >= 4 is 43.6 Å². The largest absolute Gasteiger partial charge is 0.309 e. The van der Waals surface area contributed by atoms with Crippen molar-refractivity contribution in [2.24, 2.45) is 0 Å². The van der Waals surface area contributed by atoms with E-state index in [0.717, 1.165) is 0 Å². The van der Waals surface area contributed by atoms with Crippen LogP contribution in [0.25, 0.3) is 77.2 Å². The molecule has 47 heavy (non-hydrogen) atoms. The van der Waals surface area contributed by atoms with Crippen LogP contribution in [0.1, 0.15) is 25.0 Å². The van der Waals surface area contributed by atoms with Crippen LogP contribution in [0.15, 0.2) is 158 Å². The van der Waals surface area contributed by atoms with E-state index in [4.69, 9.17) is 0 Å². The molecule has 10 rings (SSSR count). The summed E-state index contributed by atoms with van der Waals surface area (Å²) in [6.07, 6.45) is 0. The molecule has 0 saturated carbocycles. The van der Waals surface area contributed by atoms with Gasteiger partial charge in [0.2, 0.25) is 0 Å². The Morgan fingerprint density at radius 3 is 1.91 bits per heavy atom. The third-order valence-corrected chi connectivity index (χ3v) is 10.5. The van der Waals surface area contributed by atoms with Crippen molar-refractivity contribution in [3.63, 3.8) is 0 Å². The highest BCUT2D eigenvalue weighted by molar-refractivity contribution is 6.26. The summed E-state index contributed by atoms with van der Waals surface area (Å²) in [4.78, 5) is 0. The first-order valence-corrected chi connectivity index (χ1v) is 16.5. The fraction of sp³-hybridized carbons (Fsp3) is 0.0667. The van der Waals surface area contributed by atoms with Crippen molar-refractivity contribution in [1.82, 2.24) is 9.13 Å². The lowest BCUT2D eigenvalue weighted by atomic mass is 9.81. The molecule has 1 aliphatic carbocycles. The molecule has 0 fully saturated rings. The topological polar surface area (TPSA) is 9.86 Å². The maximum Gasteiger partial charge on any atom is 0.0641 e. The van der Waals surface area contributed by atoms with Crippen molar-refractivity contribution in [3.05, 3.63) is 169 Å². The third-order valence-electron chi connectivity index (χ3n) is 10.5. The van der Waals surface area contributed by atoms with Crippen LogP contribution in [-0.4, -0.2) is 9.13 Å². The summed E-state index contributed by atoms with van der Waals surface area (Å²) in [5, 5.41) is 5.08. The molecule has 0 spiro atoms. The van der Waals surface area contributed by atoms with Gasteiger partial charge >= 0.3 is 0 Å². The number of rotatable bonds is 3. The Balaban J connectivity index is 1.22. The second-order valence-corrected chi connectivity index (χ2v) is 13.4. The Labute approximate surface area is 273 Å². The molecule has 0 amide bonds. The summed E-state index contributed by atoms with van der Waals surface area (Å²) < 4.78 is 4.90. The SMILES string of the molecule is CC1(C)c2ccccc2-c2ccc(-c3cccc(-n4c5ccccc5c5c4ccc4c6ccccc6n(-c6ccccc6)c45)c3)cc21. The summed E-state index contributed by atoms with van der Waals surface area (Å²) >= 11 is 0. The van der Waals surface area contributed by atoms with Gasteiger partial charge in [0.25, 0.3) is 0 Å². The minimum atomic E-state index is -0.0328. The molecule has 2 aromatic heterocycles. The van der Waals surface area contributed by atoms with Gasteiger partial charge in [-0.15, -0.1) is 0 Å². The zero-order chi connectivity index (χ0) is 31.3. The first-order valence-electron chi connectivity index (χ1n) is 16.5. The highest BCUT2D eigenvalue weighted by Crippen LogP contribution is 2.49. The zero-order valence-corrected chi connectivity index (χ0v) is 26.4. The summed E-state index contributed by atoms with van der Waals surface area (Å²) in [7, 11) is 0. The Morgan fingerprint density at radius 2 is 1.06 bits per heavy atom. The fourth-order valence-corrected chi connectivity index (χ4v) is 8.34. The van der Waals surface area contributed by atoms with E-state index in [9.17, 15) is 0 Å². The highest BCUT2D eigenvalue weighted by atomic mass is 15.0. The Morgan fingerprint density at radius 1 is 0.404 bits per heavy atom. The van der Waals surface area contributed by atoms with Gasteiger partial charge in [-0.2, -0.15) is 0 Å². The number of benzene rings is 7. The lowest BCUT2D eigenvalue weighted by molar-refractivity contribution is 0.660. The second kappa shape index (κ2) is 9.57. The van der Waals surface area contributed by atoms with Crippen molar-refractivity contribution < 1.29 is 0 Å². The second-order valence-electron chi connectivity index (χ2n) is 13.4. The minimum Gasteiger partial charge on any atom is -0.309 e. The summed E-state index contributed by atoms with van der Waals surface area (Å²) in [5.74, 6) is 0. The predicted molar refractivity (Wildman–Crippen MR) is 198 cm³/mol. The Bertz CT molecular complexity index is 2700. The molecule has 0 aliphatic heterocycles. The molecule has 0 saturated heterocycles. The van der Waals surface area contributed by atoms with Crippen LogP contribution < -0.4 is 0 Å². The molecule has 222 valence electrons. The summed E-state index contributed by atoms with van der Waals surface area (Å²) in [5.41, 5.74) is 15.2. The van der Waals surface area contributed by atoms with E-state index in [-0.39, 0.29) is 5.41 Å².